The second kappa shape index (κ2) is 6.19. The van der Waals surface area contributed by atoms with Crippen LogP contribution in [0.2, 0.25) is 0 Å². The van der Waals surface area contributed by atoms with Crippen molar-refractivity contribution in [3.8, 4) is 0 Å². The first-order chi connectivity index (χ1) is 10.2. The Kier molecular flexibility index (Phi) is 4.30. The Morgan fingerprint density at radius 2 is 2.19 bits per heavy atom. The molecule has 0 saturated carbocycles. The Bertz CT molecular complexity index is 511. The number of nitrogens with two attached hydrogens (primary N) is 1. The largest absolute Gasteiger partial charge is 0.382 e. The number of nitrogens with one attached hydrogen (secondary N) is 1. The molecule has 3 N–H and O–H groups in total. The van der Waals surface area contributed by atoms with E-state index in [0.717, 1.165) is 57.2 Å². The molecular weight excluding hydrogens is 286 g/mol. The molecule has 116 valence electrons. The Morgan fingerprint density at radius 1 is 1.43 bits per heavy atom. The third kappa shape index (κ3) is 2.98. The molecule has 0 spiro atoms. The van der Waals surface area contributed by atoms with Gasteiger partial charge in [-0.25, -0.2) is 4.98 Å². The number of carbonyl (C=O) groups is 1. The van der Waals surface area contributed by atoms with Gasteiger partial charge in [0.25, 0.3) is 5.91 Å². The van der Waals surface area contributed by atoms with E-state index in [1.807, 2.05) is 4.90 Å². The van der Waals surface area contributed by atoms with Gasteiger partial charge in [0.15, 0.2) is 5.13 Å². The highest BCUT2D eigenvalue weighted by Gasteiger charge is 2.29. The van der Waals surface area contributed by atoms with Crippen molar-refractivity contribution in [2.75, 3.05) is 49.9 Å². The molecule has 0 radical (unpaired) electrons. The number of rotatable bonds is 3. The predicted molar refractivity (Wildman–Crippen MR) is 85.9 cm³/mol. The van der Waals surface area contributed by atoms with Gasteiger partial charge >= 0.3 is 0 Å². The molecule has 6 nitrogen and oxygen atoms in total. The van der Waals surface area contributed by atoms with E-state index in [-0.39, 0.29) is 5.91 Å². The Labute approximate surface area is 129 Å². The minimum absolute atomic E-state index is 0.0577. The molecule has 1 aromatic heterocycles. The normalized spacial score (nSPS) is 22.8. The number of thiazole rings is 1. The summed E-state index contributed by atoms with van der Waals surface area (Å²) < 4.78 is 0. The molecule has 1 amide bonds. The van der Waals surface area contributed by atoms with E-state index < -0.39 is 0 Å². The van der Waals surface area contributed by atoms with Gasteiger partial charge in [0.05, 0.1) is 0 Å². The number of piperazine rings is 1. The number of nitrogens with zero attached hydrogens (tertiary/aromatic N) is 3. The van der Waals surface area contributed by atoms with Crippen LogP contribution in [0.1, 0.15) is 29.4 Å². The van der Waals surface area contributed by atoms with Crippen LogP contribution in [0.5, 0.6) is 0 Å². The van der Waals surface area contributed by atoms with E-state index in [9.17, 15) is 4.79 Å². The van der Waals surface area contributed by atoms with Gasteiger partial charge in [0.1, 0.15) is 10.7 Å². The highest BCUT2D eigenvalue weighted by molar-refractivity contribution is 7.18. The maximum absolute atomic E-state index is 12.6. The van der Waals surface area contributed by atoms with Crippen LogP contribution in [0.3, 0.4) is 0 Å². The molecule has 2 aliphatic rings. The van der Waals surface area contributed by atoms with Crippen LogP contribution in [-0.4, -0.2) is 55.1 Å². The summed E-state index contributed by atoms with van der Waals surface area (Å²) in [6, 6.07) is 0. The lowest BCUT2D eigenvalue weighted by molar-refractivity contribution is 0.0792. The second-order valence-electron chi connectivity index (χ2n) is 5.76. The molecule has 2 aliphatic heterocycles. The van der Waals surface area contributed by atoms with Crippen molar-refractivity contribution in [1.29, 1.82) is 0 Å². The molecule has 0 aromatic carbocycles. The second-order valence-corrected chi connectivity index (χ2v) is 6.74. The highest BCUT2D eigenvalue weighted by atomic mass is 32.1. The minimum Gasteiger partial charge on any atom is -0.382 e. The smallest absolute Gasteiger partial charge is 0.267 e. The van der Waals surface area contributed by atoms with Gasteiger partial charge in [-0.15, -0.1) is 0 Å². The summed E-state index contributed by atoms with van der Waals surface area (Å²) in [5.74, 6) is 1.08. The van der Waals surface area contributed by atoms with Crippen molar-refractivity contribution in [2.45, 2.75) is 19.8 Å². The molecule has 1 unspecified atom stereocenters. The van der Waals surface area contributed by atoms with Crippen molar-refractivity contribution >= 4 is 28.2 Å². The van der Waals surface area contributed by atoms with E-state index >= 15 is 0 Å². The van der Waals surface area contributed by atoms with Crippen LogP contribution in [0, 0.1) is 5.92 Å². The zero-order valence-corrected chi connectivity index (χ0v) is 13.3. The first-order valence-electron chi connectivity index (χ1n) is 7.70. The number of likely N-dealkylation sites (tertiary alicyclic amines) is 1. The maximum Gasteiger partial charge on any atom is 0.267 e. The first-order valence-corrected chi connectivity index (χ1v) is 8.52. The zero-order chi connectivity index (χ0) is 14.8. The fourth-order valence-electron chi connectivity index (χ4n) is 2.96. The van der Waals surface area contributed by atoms with Gasteiger partial charge in [-0.05, 0) is 12.3 Å². The monoisotopic (exact) mass is 309 g/mol. The van der Waals surface area contributed by atoms with E-state index in [4.69, 9.17) is 5.73 Å². The molecule has 2 saturated heterocycles. The van der Waals surface area contributed by atoms with Crippen molar-refractivity contribution < 1.29 is 4.79 Å². The maximum atomic E-state index is 12.6. The third-order valence-electron chi connectivity index (χ3n) is 4.37. The minimum atomic E-state index is 0.0577. The van der Waals surface area contributed by atoms with Gasteiger partial charge in [0, 0.05) is 39.3 Å². The summed E-state index contributed by atoms with van der Waals surface area (Å²) in [7, 11) is 0. The van der Waals surface area contributed by atoms with Gasteiger partial charge in [-0.3, -0.25) is 4.79 Å². The molecule has 3 heterocycles. The van der Waals surface area contributed by atoms with Crippen LogP contribution < -0.4 is 16.0 Å². The van der Waals surface area contributed by atoms with E-state index in [0.29, 0.717) is 16.6 Å². The third-order valence-corrected chi connectivity index (χ3v) is 5.49. The summed E-state index contributed by atoms with van der Waals surface area (Å²) in [6.45, 7) is 7.63. The molecular formula is C14H23N5OS. The molecule has 7 heteroatoms. The summed E-state index contributed by atoms with van der Waals surface area (Å²) in [5.41, 5.74) is 5.99. The van der Waals surface area contributed by atoms with Crippen molar-refractivity contribution in [2.24, 2.45) is 5.92 Å². The van der Waals surface area contributed by atoms with Crippen LogP contribution in [0.4, 0.5) is 10.9 Å². The van der Waals surface area contributed by atoms with E-state index in [1.54, 1.807) is 0 Å². The Hall–Kier alpha value is -1.34. The highest BCUT2D eigenvalue weighted by Crippen LogP contribution is 2.31. The lowest BCUT2D eigenvalue weighted by atomic mass is 10.1. The van der Waals surface area contributed by atoms with E-state index in [2.05, 4.69) is 22.1 Å². The summed E-state index contributed by atoms with van der Waals surface area (Å²) in [5, 5.41) is 4.19. The molecule has 2 fully saturated rings. The molecule has 0 aliphatic carbocycles. The molecule has 3 rings (SSSR count). The summed E-state index contributed by atoms with van der Waals surface area (Å²) in [4.78, 5) is 21.8. The average molecular weight is 309 g/mol. The van der Waals surface area contributed by atoms with Gasteiger partial charge < -0.3 is 20.9 Å². The SMILES string of the molecule is CCC1CCN(C(=O)c2sc(N3CCNCC3)nc2N)C1. The van der Waals surface area contributed by atoms with Crippen molar-refractivity contribution in [3.05, 3.63) is 4.88 Å². The predicted octanol–water partition coefficient (Wildman–Crippen LogP) is 1.01. The molecule has 1 atom stereocenters. The fourth-order valence-corrected chi connectivity index (χ4v) is 3.96. The Balaban J connectivity index is 1.73. The lowest BCUT2D eigenvalue weighted by Gasteiger charge is -2.26. The number of nitrogen functional groups attached to an aromatic ring is 1. The standard InChI is InChI=1S/C14H23N5OS/c1-2-10-3-6-19(9-10)13(20)11-12(15)17-14(21-11)18-7-4-16-5-8-18/h10,16H,2-9,15H2,1H3. The van der Waals surface area contributed by atoms with E-state index in [1.165, 1.54) is 11.3 Å². The lowest BCUT2D eigenvalue weighted by Crippen LogP contribution is -2.43. The van der Waals surface area contributed by atoms with Crippen LogP contribution in [0.25, 0.3) is 0 Å². The molecule has 21 heavy (non-hydrogen) atoms. The Morgan fingerprint density at radius 3 is 2.86 bits per heavy atom. The number of amides is 1. The van der Waals surface area contributed by atoms with Gasteiger partial charge in [-0.1, -0.05) is 24.7 Å². The van der Waals surface area contributed by atoms with Gasteiger partial charge in [0.2, 0.25) is 0 Å². The average Bonchev–Trinajstić information content (AvgIpc) is 3.14. The van der Waals surface area contributed by atoms with Crippen LogP contribution in [0.15, 0.2) is 0 Å². The van der Waals surface area contributed by atoms with Crippen molar-refractivity contribution in [3.63, 3.8) is 0 Å². The first kappa shape index (κ1) is 14.6. The van der Waals surface area contributed by atoms with Crippen molar-refractivity contribution in [1.82, 2.24) is 15.2 Å². The summed E-state index contributed by atoms with van der Waals surface area (Å²) >= 11 is 1.44. The molecule has 1 aromatic rings. The number of hydrogen-bond acceptors (Lipinski definition) is 6. The summed E-state index contributed by atoms with van der Waals surface area (Å²) in [6.07, 6.45) is 2.24. The fraction of sp³-hybridized carbons (Fsp3) is 0.714. The number of carbonyl (C=O) groups excluding carboxylic acids is 1. The quantitative estimate of drug-likeness (QED) is 0.871. The topological polar surface area (TPSA) is 74.5 Å². The van der Waals surface area contributed by atoms with Crippen LogP contribution in [-0.2, 0) is 0 Å². The van der Waals surface area contributed by atoms with Crippen LogP contribution >= 0.6 is 11.3 Å². The number of hydrogen-bond donors (Lipinski definition) is 2. The molecule has 0 bridgehead atoms. The number of anilines is 2. The zero-order valence-electron chi connectivity index (χ0n) is 12.5. The number of aromatic nitrogens is 1. The van der Waals surface area contributed by atoms with Gasteiger partial charge in [-0.2, -0.15) is 0 Å².